The molecule has 4 unspecified atom stereocenters. The minimum Gasteiger partial charge on any atom is -0.451 e. The van der Waals surface area contributed by atoms with Crippen LogP contribution in [0.2, 0.25) is 0 Å². The molecule has 1 aliphatic heterocycles. The molecule has 1 saturated heterocycles. The average molecular weight is 357 g/mol. The molecule has 2 bridgehead atoms. The number of thioether (sulfide) groups is 1. The Bertz CT molecular complexity index is 727. The summed E-state index contributed by atoms with van der Waals surface area (Å²) in [7, 11) is 0. The molecule has 130 valence electrons. The summed E-state index contributed by atoms with van der Waals surface area (Å²) < 4.78 is 5.06. The monoisotopic (exact) mass is 357 g/mol. The number of nitrogens with zero attached hydrogens (tertiary/aromatic N) is 1. The third-order valence-corrected chi connectivity index (χ3v) is 5.75. The van der Waals surface area contributed by atoms with Gasteiger partial charge >= 0.3 is 5.97 Å². The number of ether oxygens (including phenoxy) is 1. The minimum absolute atomic E-state index is 0.0460. The molecule has 0 N–H and O–H groups in total. The van der Waals surface area contributed by atoms with Gasteiger partial charge in [0, 0.05) is 0 Å². The van der Waals surface area contributed by atoms with Crippen molar-refractivity contribution >= 4 is 29.5 Å². The number of allylic oxidation sites excluding steroid dienone is 2. The zero-order valence-corrected chi connectivity index (χ0v) is 14.7. The van der Waals surface area contributed by atoms with E-state index in [1.54, 1.807) is 24.3 Å². The van der Waals surface area contributed by atoms with Gasteiger partial charge in [-0.05, 0) is 42.2 Å². The second-order valence-electron chi connectivity index (χ2n) is 6.80. The van der Waals surface area contributed by atoms with Gasteiger partial charge in [0.25, 0.3) is 0 Å². The van der Waals surface area contributed by atoms with Gasteiger partial charge in [0.05, 0.1) is 23.9 Å². The lowest BCUT2D eigenvalue weighted by molar-refractivity contribution is -0.141. The predicted molar refractivity (Wildman–Crippen MR) is 93.5 cm³/mol. The second-order valence-corrected chi connectivity index (χ2v) is 7.61. The summed E-state index contributed by atoms with van der Waals surface area (Å²) in [4.78, 5) is 38.6. The molecule has 0 spiro atoms. The van der Waals surface area contributed by atoms with Crippen LogP contribution in [-0.2, 0) is 20.9 Å². The molecular formula is C19H19NO4S. The Labute approximate surface area is 150 Å². The fourth-order valence-electron chi connectivity index (χ4n) is 4.24. The van der Waals surface area contributed by atoms with Gasteiger partial charge in [-0.3, -0.25) is 14.5 Å². The van der Waals surface area contributed by atoms with Crippen LogP contribution in [0.5, 0.6) is 0 Å². The fraction of sp³-hybridized carbons (Fsp3) is 0.421. The first-order chi connectivity index (χ1) is 12.1. The van der Waals surface area contributed by atoms with Crippen LogP contribution in [0, 0.1) is 23.7 Å². The molecule has 4 rings (SSSR count). The van der Waals surface area contributed by atoms with E-state index < -0.39 is 0 Å². The first-order valence-electron chi connectivity index (χ1n) is 8.38. The largest absolute Gasteiger partial charge is 0.451 e. The number of hydrogen-bond acceptors (Lipinski definition) is 5. The van der Waals surface area contributed by atoms with Crippen molar-refractivity contribution in [2.24, 2.45) is 23.7 Å². The van der Waals surface area contributed by atoms with E-state index in [0.29, 0.717) is 11.5 Å². The van der Waals surface area contributed by atoms with Crippen molar-refractivity contribution in [1.29, 1.82) is 0 Å². The molecule has 1 saturated carbocycles. The Morgan fingerprint density at radius 2 is 1.72 bits per heavy atom. The molecule has 1 heterocycles. The van der Waals surface area contributed by atoms with Gasteiger partial charge in [-0.15, -0.1) is 11.8 Å². The third kappa shape index (κ3) is 2.68. The minimum atomic E-state index is -0.369. The van der Waals surface area contributed by atoms with E-state index in [1.165, 1.54) is 16.7 Å². The van der Waals surface area contributed by atoms with Gasteiger partial charge < -0.3 is 4.74 Å². The molecule has 1 aromatic carbocycles. The quantitative estimate of drug-likeness (QED) is 0.351. The summed E-state index contributed by atoms with van der Waals surface area (Å²) in [5.74, 6) is -0.0186. The SMILES string of the molecule is CSCOC(=O)c1ccc(CN2C(=O)C3C4C=CC(C4)C3C2=O)cc1. The van der Waals surface area contributed by atoms with Gasteiger partial charge in [0.15, 0.2) is 0 Å². The summed E-state index contributed by atoms with van der Waals surface area (Å²) in [6.45, 7) is 0.268. The standard InChI is InChI=1S/C19H19NO4S/c1-25-10-24-19(23)12-4-2-11(3-5-12)9-20-17(21)15-13-6-7-14(8-13)16(15)18(20)22/h2-7,13-16H,8-10H2,1H3. The van der Waals surface area contributed by atoms with Crippen molar-refractivity contribution in [1.82, 2.24) is 4.90 Å². The van der Waals surface area contributed by atoms with E-state index in [1.807, 2.05) is 6.26 Å². The Morgan fingerprint density at radius 1 is 1.12 bits per heavy atom. The van der Waals surface area contributed by atoms with Crippen LogP contribution >= 0.6 is 11.8 Å². The van der Waals surface area contributed by atoms with Crippen LogP contribution in [0.1, 0.15) is 22.3 Å². The van der Waals surface area contributed by atoms with Crippen LogP contribution in [-0.4, -0.2) is 34.9 Å². The summed E-state index contributed by atoms with van der Waals surface area (Å²) >= 11 is 1.43. The molecule has 4 atom stereocenters. The highest BCUT2D eigenvalue weighted by Crippen LogP contribution is 2.52. The number of esters is 1. The van der Waals surface area contributed by atoms with Crippen molar-refractivity contribution in [2.45, 2.75) is 13.0 Å². The lowest BCUT2D eigenvalue weighted by Crippen LogP contribution is -2.32. The van der Waals surface area contributed by atoms with Crippen LogP contribution in [0.25, 0.3) is 0 Å². The summed E-state index contributed by atoms with van der Waals surface area (Å²) in [5, 5.41) is 0. The maximum absolute atomic E-state index is 12.7. The van der Waals surface area contributed by atoms with Crippen LogP contribution < -0.4 is 0 Å². The zero-order valence-electron chi connectivity index (χ0n) is 13.9. The Morgan fingerprint density at radius 3 is 2.28 bits per heavy atom. The van der Waals surface area contributed by atoms with Gasteiger partial charge in [-0.1, -0.05) is 24.3 Å². The van der Waals surface area contributed by atoms with E-state index in [0.717, 1.165) is 12.0 Å². The van der Waals surface area contributed by atoms with Crippen LogP contribution in [0.15, 0.2) is 36.4 Å². The number of amides is 2. The molecule has 2 amide bonds. The third-order valence-electron chi connectivity index (χ3n) is 5.40. The highest BCUT2D eigenvalue weighted by atomic mass is 32.2. The molecule has 25 heavy (non-hydrogen) atoms. The summed E-state index contributed by atoms with van der Waals surface area (Å²) in [6.07, 6.45) is 6.98. The summed E-state index contributed by atoms with van der Waals surface area (Å²) in [5.41, 5.74) is 1.30. The number of rotatable bonds is 5. The lowest BCUT2D eigenvalue weighted by atomic mass is 9.85. The molecule has 2 fully saturated rings. The molecule has 1 aromatic rings. The van der Waals surface area contributed by atoms with Crippen LogP contribution in [0.3, 0.4) is 0 Å². The number of fused-ring (bicyclic) bond motifs is 5. The van der Waals surface area contributed by atoms with Gasteiger partial charge in [0.2, 0.25) is 11.8 Å². The van der Waals surface area contributed by atoms with E-state index >= 15 is 0 Å². The van der Waals surface area contributed by atoms with Crippen LogP contribution in [0.4, 0.5) is 0 Å². The number of carbonyl (C=O) groups excluding carboxylic acids is 3. The number of benzene rings is 1. The first kappa shape index (κ1) is 16.4. The topological polar surface area (TPSA) is 63.7 Å². The van der Waals surface area contributed by atoms with Crippen molar-refractivity contribution in [3.8, 4) is 0 Å². The number of hydrogen-bond donors (Lipinski definition) is 0. The predicted octanol–water partition coefficient (Wildman–Crippen LogP) is 2.47. The lowest BCUT2D eigenvalue weighted by Gasteiger charge is -2.17. The number of likely N-dealkylation sites (tertiary alicyclic amines) is 1. The van der Waals surface area contributed by atoms with Gasteiger partial charge in [-0.25, -0.2) is 4.79 Å². The molecular weight excluding hydrogens is 338 g/mol. The van der Waals surface area contributed by atoms with Crippen molar-refractivity contribution in [3.05, 3.63) is 47.5 Å². The highest BCUT2D eigenvalue weighted by Gasteiger charge is 2.59. The highest BCUT2D eigenvalue weighted by molar-refractivity contribution is 7.98. The Hall–Kier alpha value is -2.08. The normalized spacial score (nSPS) is 29.4. The molecule has 5 nitrogen and oxygen atoms in total. The fourth-order valence-corrected chi connectivity index (χ4v) is 4.47. The maximum atomic E-state index is 12.7. The van der Waals surface area contributed by atoms with E-state index in [9.17, 15) is 14.4 Å². The maximum Gasteiger partial charge on any atom is 0.338 e. The average Bonchev–Trinajstić information content (AvgIpc) is 3.30. The van der Waals surface area contributed by atoms with E-state index in [-0.39, 0.29) is 48.0 Å². The molecule has 0 radical (unpaired) electrons. The first-order valence-corrected chi connectivity index (χ1v) is 9.78. The smallest absolute Gasteiger partial charge is 0.338 e. The zero-order chi connectivity index (χ0) is 17.6. The second kappa shape index (κ2) is 6.33. The molecule has 0 aromatic heterocycles. The summed E-state index contributed by atoms with van der Waals surface area (Å²) in [6, 6.07) is 6.90. The molecule has 6 heteroatoms. The van der Waals surface area contributed by atoms with Crippen molar-refractivity contribution in [2.75, 3.05) is 12.2 Å². The molecule has 3 aliphatic rings. The van der Waals surface area contributed by atoms with Gasteiger partial charge in [0.1, 0.15) is 5.94 Å². The van der Waals surface area contributed by atoms with E-state index in [4.69, 9.17) is 4.74 Å². The van der Waals surface area contributed by atoms with Crippen molar-refractivity contribution < 1.29 is 19.1 Å². The number of carbonyl (C=O) groups is 3. The Kier molecular flexibility index (Phi) is 4.15. The Balaban J connectivity index is 1.45. The number of imide groups is 1. The van der Waals surface area contributed by atoms with Gasteiger partial charge in [-0.2, -0.15) is 0 Å². The van der Waals surface area contributed by atoms with Crippen molar-refractivity contribution in [3.63, 3.8) is 0 Å². The van der Waals surface area contributed by atoms with E-state index in [2.05, 4.69) is 12.2 Å². The molecule has 2 aliphatic carbocycles.